The first-order valence-corrected chi connectivity index (χ1v) is 8.81. The summed E-state index contributed by atoms with van der Waals surface area (Å²) >= 11 is 1.41. The molecule has 3 nitrogen and oxygen atoms in total. The van der Waals surface area contributed by atoms with Gasteiger partial charge in [-0.05, 0) is 60.1 Å². The maximum absolute atomic E-state index is 10.5. The molecule has 0 amide bonds. The van der Waals surface area contributed by atoms with Gasteiger partial charge >= 0.3 is 0 Å². The maximum Gasteiger partial charge on any atom is 0.128 e. The Hall–Kier alpha value is -2.33. The zero-order chi connectivity index (χ0) is 17.3. The predicted octanol–water partition coefficient (Wildman–Crippen LogP) is 5.37. The standard InChI is InChI=1S/C20H21NO2S/c1-5-14-9-16(18(22)10-19(14)23-4)20-17(11-24-21-20)15-7-6-12(2)13(3)8-15/h6-11,22H,5H2,1-4H3. The summed E-state index contributed by atoms with van der Waals surface area (Å²) in [7, 11) is 1.62. The number of aromatic nitrogens is 1. The number of phenols is 1. The van der Waals surface area contributed by atoms with Crippen LogP contribution in [0.4, 0.5) is 0 Å². The third kappa shape index (κ3) is 2.89. The van der Waals surface area contributed by atoms with E-state index in [2.05, 4.69) is 43.3 Å². The third-order valence-electron chi connectivity index (χ3n) is 4.42. The van der Waals surface area contributed by atoms with Gasteiger partial charge in [-0.15, -0.1) is 0 Å². The van der Waals surface area contributed by atoms with Crippen LogP contribution in [0.2, 0.25) is 0 Å². The normalized spacial score (nSPS) is 10.8. The highest BCUT2D eigenvalue weighted by Crippen LogP contribution is 2.40. The van der Waals surface area contributed by atoms with Crippen LogP contribution in [0.25, 0.3) is 22.4 Å². The van der Waals surface area contributed by atoms with Crippen LogP contribution in [0, 0.1) is 13.8 Å². The van der Waals surface area contributed by atoms with Crippen LogP contribution in [0.3, 0.4) is 0 Å². The minimum atomic E-state index is 0.194. The molecule has 0 aliphatic heterocycles. The Bertz CT molecular complexity index is 883. The van der Waals surface area contributed by atoms with E-state index < -0.39 is 0 Å². The van der Waals surface area contributed by atoms with Crippen LogP contribution >= 0.6 is 11.5 Å². The van der Waals surface area contributed by atoms with Gasteiger partial charge < -0.3 is 9.84 Å². The van der Waals surface area contributed by atoms with Crippen LogP contribution in [0.1, 0.15) is 23.6 Å². The lowest BCUT2D eigenvalue weighted by atomic mass is 9.96. The van der Waals surface area contributed by atoms with Crippen molar-refractivity contribution >= 4 is 11.5 Å². The first-order valence-electron chi connectivity index (χ1n) is 7.97. The van der Waals surface area contributed by atoms with Crippen molar-refractivity contribution in [3.05, 3.63) is 52.4 Å². The van der Waals surface area contributed by atoms with Crippen molar-refractivity contribution in [2.24, 2.45) is 0 Å². The van der Waals surface area contributed by atoms with E-state index in [1.165, 1.54) is 22.7 Å². The van der Waals surface area contributed by atoms with Crippen LogP contribution in [0.15, 0.2) is 35.7 Å². The molecule has 0 spiro atoms. The minimum absolute atomic E-state index is 0.194. The number of phenolic OH excluding ortho intramolecular Hbond substituents is 1. The molecular formula is C20H21NO2S. The van der Waals surface area contributed by atoms with Gasteiger partial charge in [-0.25, -0.2) is 0 Å². The van der Waals surface area contributed by atoms with Crippen LogP contribution < -0.4 is 4.74 Å². The topological polar surface area (TPSA) is 42.4 Å². The molecule has 0 fully saturated rings. The molecule has 1 aromatic heterocycles. The van der Waals surface area contributed by atoms with Gasteiger partial charge in [0.15, 0.2) is 0 Å². The fraction of sp³-hybridized carbons (Fsp3) is 0.250. The number of aryl methyl sites for hydroxylation is 3. The molecule has 0 radical (unpaired) electrons. The summed E-state index contributed by atoms with van der Waals surface area (Å²) in [6.45, 7) is 6.29. The van der Waals surface area contributed by atoms with E-state index in [1.54, 1.807) is 13.2 Å². The number of hydrogen-bond acceptors (Lipinski definition) is 4. The molecule has 124 valence electrons. The van der Waals surface area contributed by atoms with Crippen molar-refractivity contribution < 1.29 is 9.84 Å². The van der Waals surface area contributed by atoms with E-state index in [0.29, 0.717) is 5.75 Å². The Morgan fingerprint density at radius 2 is 1.88 bits per heavy atom. The lowest BCUT2D eigenvalue weighted by molar-refractivity contribution is 0.403. The smallest absolute Gasteiger partial charge is 0.128 e. The summed E-state index contributed by atoms with van der Waals surface area (Å²) < 4.78 is 9.90. The van der Waals surface area contributed by atoms with E-state index in [1.807, 2.05) is 11.4 Å². The molecule has 0 unspecified atom stereocenters. The summed E-state index contributed by atoms with van der Waals surface area (Å²) in [4.78, 5) is 0. The molecule has 0 aliphatic carbocycles. The zero-order valence-electron chi connectivity index (χ0n) is 14.4. The average molecular weight is 339 g/mol. The van der Waals surface area contributed by atoms with E-state index in [4.69, 9.17) is 4.74 Å². The second-order valence-electron chi connectivity index (χ2n) is 5.91. The van der Waals surface area contributed by atoms with Gasteiger partial charge in [0.1, 0.15) is 11.5 Å². The van der Waals surface area contributed by atoms with Crippen molar-refractivity contribution in [2.45, 2.75) is 27.2 Å². The molecule has 0 bridgehead atoms. The fourth-order valence-electron chi connectivity index (χ4n) is 2.81. The van der Waals surface area contributed by atoms with E-state index in [9.17, 15) is 5.11 Å². The Labute approximate surface area is 146 Å². The van der Waals surface area contributed by atoms with Crippen LogP contribution in [-0.4, -0.2) is 16.6 Å². The van der Waals surface area contributed by atoms with Gasteiger partial charge in [0.2, 0.25) is 0 Å². The number of ether oxygens (including phenoxy) is 1. The largest absolute Gasteiger partial charge is 0.507 e. The van der Waals surface area contributed by atoms with E-state index in [-0.39, 0.29) is 5.75 Å². The number of methoxy groups -OCH3 is 1. The van der Waals surface area contributed by atoms with Crippen molar-refractivity contribution in [1.82, 2.24) is 4.37 Å². The molecule has 4 heteroatoms. The molecule has 24 heavy (non-hydrogen) atoms. The van der Waals surface area contributed by atoms with Gasteiger partial charge in [-0.1, -0.05) is 25.1 Å². The molecule has 2 aromatic carbocycles. The van der Waals surface area contributed by atoms with Crippen molar-refractivity contribution in [2.75, 3.05) is 7.11 Å². The summed E-state index contributed by atoms with van der Waals surface area (Å²) in [5.41, 5.74) is 7.31. The van der Waals surface area contributed by atoms with Crippen molar-refractivity contribution in [1.29, 1.82) is 0 Å². The maximum atomic E-state index is 10.5. The lowest BCUT2D eigenvalue weighted by Gasteiger charge is -2.12. The first-order chi connectivity index (χ1) is 11.5. The van der Waals surface area contributed by atoms with Crippen molar-refractivity contribution in [3.63, 3.8) is 0 Å². The monoisotopic (exact) mass is 339 g/mol. The summed E-state index contributed by atoms with van der Waals surface area (Å²) in [6.07, 6.45) is 0.833. The van der Waals surface area contributed by atoms with E-state index in [0.717, 1.165) is 34.4 Å². The molecule has 1 heterocycles. The number of benzene rings is 2. The Kier molecular flexibility index (Phi) is 4.58. The molecule has 0 aliphatic rings. The minimum Gasteiger partial charge on any atom is -0.507 e. The number of hydrogen-bond donors (Lipinski definition) is 1. The second kappa shape index (κ2) is 6.65. The van der Waals surface area contributed by atoms with Crippen LogP contribution in [-0.2, 0) is 6.42 Å². The Morgan fingerprint density at radius 3 is 2.54 bits per heavy atom. The Morgan fingerprint density at radius 1 is 1.08 bits per heavy atom. The molecule has 0 atom stereocenters. The van der Waals surface area contributed by atoms with Crippen molar-refractivity contribution in [3.8, 4) is 33.9 Å². The number of rotatable bonds is 4. The van der Waals surface area contributed by atoms with Gasteiger partial charge in [0, 0.05) is 22.6 Å². The molecule has 3 rings (SSSR count). The quantitative estimate of drug-likeness (QED) is 0.695. The average Bonchev–Trinajstić information content (AvgIpc) is 3.06. The van der Waals surface area contributed by atoms with E-state index >= 15 is 0 Å². The Balaban J connectivity index is 2.15. The number of nitrogens with zero attached hydrogens (tertiary/aromatic N) is 1. The summed E-state index contributed by atoms with van der Waals surface area (Å²) in [6, 6.07) is 10.1. The van der Waals surface area contributed by atoms with Gasteiger partial charge in [-0.3, -0.25) is 0 Å². The van der Waals surface area contributed by atoms with Crippen LogP contribution in [0.5, 0.6) is 11.5 Å². The van der Waals surface area contributed by atoms with Gasteiger partial charge in [0.25, 0.3) is 0 Å². The zero-order valence-corrected chi connectivity index (χ0v) is 15.2. The first kappa shape index (κ1) is 16.5. The summed E-state index contributed by atoms with van der Waals surface area (Å²) in [5, 5.41) is 12.5. The van der Waals surface area contributed by atoms with Gasteiger partial charge in [-0.2, -0.15) is 4.37 Å². The molecular weight excluding hydrogens is 318 g/mol. The molecule has 0 saturated carbocycles. The second-order valence-corrected chi connectivity index (χ2v) is 6.54. The molecule has 1 N–H and O–H groups in total. The predicted molar refractivity (Wildman–Crippen MR) is 100 cm³/mol. The molecule has 0 saturated heterocycles. The third-order valence-corrected chi connectivity index (χ3v) is 5.05. The lowest BCUT2D eigenvalue weighted by Crippen LogP contribution is -1.93. The SMILES string of the molecule is CCc1cc(-c2nscc2-c2ccc(C)c(C)c2)c(O)cc1OC. The summed E-state index contributed by atoms with van der Waals surface area (Å²) in [5.74, 6) is 0.904. The van der Waals surface area contributed by atoms with Gasteiger partial charge in [0.05, 0.1) is 12.8 Å². The number of aromatic hydroxyl groups is 1. The highest BCUT2D eigenvalue weighted by Gasteiger charge is 2.17. The highest BCUT2D eigenvalue weighted by molar-refractivity contribution is 7.04. The highest BCUT2D eigenvalue weighted by atomic mass is 32.1. The fourth-order valence-corrected chi connectivity index (χ4v) is 3.52. The molecule has 3 aromatic rings.